The summed E-state index contributed by atoms with van der Waals surface area (Å²) in [5, 5.41) is 9.44. The highest BCUT2D eigenvalue weighted by Gasteiger charge is 2.55. The molecule has 0 unspecified atom stereocenters. The Morgan fingerprint density at radius 2 is 2.10 bits per heavy atom. The average molecular weight is 304 g/mol. The lowest BCUT2D eigenvalue weighted by Gasteiger charge is -2.24. The third-order valence-electron chi connectivity index (χ3n) is 4.57. The van der Waals surface area contributed by atoms with Gasteiger partial charge >= 0.3 is 5.97 Å². The Kier molecular flexibility index (Phi) is 3.81. The van der Waals surface area contributed by atoms with Crippen molar-refractivity contribution in [1.82, 2.24) is 9.21 Å². The van der Waals surface area contributed by atoms with E-state index in [1.54, 1.807) is 0 Å². The normalized spacial score (nSPS) is 29.8. The highest BCUT2D eigenvalue weighted by molar-refractivity contribution is 7.88. The van der Waals surface area contributed by atoms with Gasteiger partial charge in [0.25, 0.3) is 0 Å². The number of carboxylic acid groups (broad SMARTS) is 1. The molecule has 8 heteroatoms. The summed E-state index contributed by atoms with van der Waals surface area (Å²) in [6.07, 6.45) is 3.33. The molecule has 1 heterocycles. The lowest BCUT2D eigenvalue weighted by molar-refractivity contribution is -0.149. The fourth-order valence-electron chi connectivity index (χ4n) is 3.24. The standard InChI is InChI=1S/C12H20N2O5S/c1-13(20(2,18)19)7-10(15)14-6-9-4-3-5-12(9,8-14)11(16)17/h9H,3-8H2,1-2H3,(H,16,17)/t9-,12+/m0/s1. The summed E-state index contributed by atoms with van der Waals surface area (Å²) in [5.74, 6) is -1.17. The molecule has 2 rings (SSSR count). The van der Waals surface area contributed by atoms with Crippen molar-refractivity contribution in [2.75, 3.05) is 32.9 Å². The second kappa shape index (κ2) is 5.00. The minimum Gasteiger partial charge on any atom is -0.481 e. The molecule has 2 atom stereocenters. The molecule has 0 aromatic rings. The van der Waals surface area contributed by atoms with Crippen molar-refractivity contribution in [3.63, 3.8) is 0 Å². The van der Waals surface area contributed by atoms with Crippen LogP contribution < -0.4 is 0 Å². The number of sulfonamides is 1. The molecule has 2 aliphatic rings. The molecule has 1 aliphatic carbocycles. The molecule has 0 spiro atoms. The predicted molar refractivity (Wildman–Crippen MR) is 71.5 cm³/mol. The minimum atomic E-state index is -3.41. The van der Waals surface area contributed by atoms with Crippen molar-refractivity contribution in [2.45, 2.75) is 19.3 Å². The van der Waals surface area contributed by atoms with Gasteiger partial charge in [0.15, 0.2) is 0 Å². The van der Waals surface area contributed by atoms with Gasteiger partial charge < -0.3 is 10.0 Å². The number of carbonyl (C=O) groups excluding carboxylic acids is 1. The zero-order valence-corrected chi connectivity index (χ0v) is 12.5. The van der Waals surface area contributed by atoms with Gasteiger partial charge in [0.1, 0.15) is 0 Å². The van der Waals surface area contributed by atoms with Crippen molar-refractivity contribution < 1.29 is 23.1 Å². The van der Waals surface area contributed by atoms with E-state index in [0.29, 0.717) is 13.0 Å². The van der Waals surface area contributed by atoms with Crippen LogP contribution in [0.25, 0.3) is 0 Å². The number of amides is 1. The fraction of sp³-hybridized carbons (Fsp3) is 0.833. The number of fused-ring (bicyclic) bond motifs is 1. The monoisotopic (exact) mass is 304 g/mol. The number of hydrogen-bond acceptors (Lipinski definition) is 4. The largest absolute Gasteiger partial charge is 0.481 e. The number of hydrogen-bond donors (Lipinski definition) is 1. The van der Waals surface area contributed by atoms with Crippen LogP contribution in [0.4, 0.5) is 0 Å². The summed E-state index contributed by atoms with van der Waals surface area (Å²) in [6.45, 7) is 0.382. The van der Waals surface area contributed by atoms with E-state index in [4.69, 9.17) is 0 Å². The van der Waals surface area contributed by atoms with Crippen LogP contribution in [-0.4, -0.2) is 67.5 Å². The maximum atomic E-state index is 12.1. The van der Waals surface area contributed by atoms with Crippen LogP contribution in [0.1, 0.15) is 19.3 Å². The van der Waals surface area contributed by atoms with E-state index in [9.17, 15) is 23.1 Å². The van der Waals surface area contributed by atoms with Gasteiger partial charge in [-0.15, -0.1) is 0 Å². The Morgan fingerprint density at radius 3 is 2.60 bits per heavy atom. The molecule has 20 heavy (non-hydrogen) atoms. The molecule has 1 N–H and O–H groups in total. The molecule has 7 nitrogen and oxygen atoms in total. The summed E-state index contributed by atoms with van der Waals surface area (Å²) in [7, 11) is -2.06. The third kappa shape index (κ3) is 2.54. The number of carbonyl (C=O) groups is 2. The zero-order valence-electron chi connectivity index (χ0n) is 11.7. The lowest BCUT2D eigenvalue weighted by atomic mass is 9.81. The van der Waals surface area contributed by atoms with Gasteiger partial charge in [0.2, 0.25) is 15.9 Å². The SMILES string of the molecule is CN(CC(=O)N1C[C@@H]2CCC[C@@]2(C(=O)O)C1)S(C)(=O)=O. The second-order valence-electron chi connectivity index (χ2n) is 5.84. The molecular weight excluding hydrogens is 284 g/mol. The van der Waals surface area contributed by atoms with Gasteiger partial charge in [-0.25, -0.2) is 8.42 Å². The van der Waals surface area contributed by atoms with Crippen LogP contribution >= 0.6 is 0 Å². The first-order valence-electron chi connectivity index (χ1n) is 6.59. The molecule has 1 amide bonds. The molecule has 0 aromatic heterocycles. The van der Waals surface area contributed by atoms with Crippen molar-refractivity contribution >= 4 is 21.9 Å². The molecule has 0 aromatic carbocycles. The van der Waals surface area contributed by atoms with Gasteiger partial charge in [-0.05, 0) is 18.8 Å². The Labute approximate surface area is 118 Å². The summed E-state index contributed by atoms with van der Waals surface area (Å²) in [5.41, 5.74) is -0.820. The maximum absolute atomic E-state index is 12.1. The number of nitrogens with zero attached hydrogens (tertiary/aromatic N) is 2. The smallest absolute Gasteiger partial charge is 0.311 e. The van der Waals surface area contributed by atoms with Crippen molar-refractivity contribution in [2.24, 2.45) is 11.3 Å². The number of aliphatic carboxylic acids is 1. The van der Waals surface area contributed by atoms with Gasteiger partial charge in [-0.3, -0.25) is 9.59 Å². The van der Waals surface area contributed by atoms with Gasteiger partial charge in [0, 0.05) is 20.1 Å². The maximum Gasteiger partial charge on any atom is 0.311 e. The van der Waals surface area contributed by atoms with Crippen LogP contribution in [0.2, 0.25) is 0 Å². The molecule has 1 saturated carbocycles. The van der Waals surface area contributed by atoms with E-state index in [2.05, 4.69) is 0 Å². The third-order valence-corrected chi connectivity index (χ3v) is 5.83. The minimum absolute atomic E-state index is 0.00695. The quantitative estimate of drug-likeness (QED) is 0.762. The summed E-state index contributed by atoms with van der Waals surface area (Å²) >= 11 is 0. The van der Waals surface area contributed by atoms with Crippen LogP contribution in [0.3, 0.4) is 0 Å². The van der Waals surface area contributed by atoms with Crippen molar-refractivity contribution in [3.8, 4) is 0 Å². The first-order valence-corrected chi connectivity index (χ1v) is 8.44. The number of likely N-dealkylation sites (tertiary alicyclic amines) is 1. The molecule has 2 fully saturated rings. The Morgan fingerprint density at radius 1 is 1.45 bits per heavy atom. The number of carboxylic acids is 1. The van der Waals surface area contributed by atoms with E-state index < -0.39 is 21.4 Å². The molecule has 1 aliphatic heterocycles. The number of rotatable bonds is 4. The van der Waals surface area contributed by atoms with Crippen molar-refractivity contribution in [1.29, 1.82) is 0 Å². The summed E-state index contributed by atoms with van der Waals surface area (Å²) in [6, 6.07) is 0. The first-order chi connectivity index (χ1) is 9.17. The van der Waals surface area contributed by atoms with E-state index in [1.165, 1.54) is 11.9 Å². The average Bonchev–Trinajstić information content (AvgIpc) is 2.83. The van der Waals surface area contributed by atoms with Crippen LogP contribution in [-0.2, 0) is 19.6 Å². The van der Waals surface area contributed by atoms with Gasteiger partial charge in [0.05, 0.1) is 18.2 Å². The Bertz CT molecular complexity index is 532. The molecule has 114 valence electrons. The zero-order chi connectivity index (χ0) is 15.1. The van der Waals surface area contributed by atoms with Gasteiger partial charge in [-0.1, -0.05) is 6.42 Å². The predicted octanol–water partition coefficient (Wildman–Crippen LogP) is -0.409. The van der Waals surface area contributed by atoms with E-state index in [0.717, 1.165) is 23.4 Å². The topological polar surface area (TPSA) is 95.0 Å². The van der Waals surface area contributed by atoms with Crippen LogP contribution in [0.5, 0.6) is 0 Å². The highest BCUT2D eigenvalue weighted by atomic mass is 32.2. The van der Waals surface area contributed by atoms with E-state index in [1.807, 2.05) is 0 Å². The number of likely N-dealkylation sites (N-methyl/N-ethyl adjacent to an activating group) is 1. The molecule has 0 radical (unpaired) electrons. The van der Waals surface area contributed by atoms with E-state index >= 15 is 0 Å². The Hall–Kier alpha value is -1.15. The molecule has 0 bridgehead atoms. The fourth-order valence-corrected chi connectivity index (χ4v) is 3.58. The van der Waals surface area contributed by atoms with Crippen molar-refractivity contribution in [3.05, 3.63) is 0 Å². The van der Waals surface area contributed by atoms with E-state index in [-0.39, 0.29) is 24.9 Å². The van der Waals surface area contributed by atoms with Gasteiger partial charge in [-0.2, -0.15) is 4.31 Å². The lowest BCUT2D eigenvalue weighted by Crippen LogP contribution is -2.42. The van der Waals surface area contributed by atoms with Crippen LogP contribution in [0.15, 0.2) is 0 Å². The molecule has 1 saturated heterocycles. The summed E-state index contributed by atoms with van der Waals surface area (Å²) in [4.78, 5) is 25.1. The summed E-state index contributed by atoms with van der Waals surface area (Å²) < 4.78 is 23.6. The van der Waals surface area contributed by atoms with Crippen LogP contribution in [0, 0.1) is 11.3 Å². The second-order valence-corrected chi connectivity index (χ2v) is 7.93. The first kappa shape index (κ1) is 15.2. The Balaban J connectivity index is 2.06. The molecular formula is C12H20N2O5S. The highest BCUT2D eigenvalue weighted by Crippen LogP contribution is 2.48.